The maximum atomic E-state index is 11.4. The average molecular weight is 233 g/mol. The van der Waals surface area contributed by atoms with Crippen molar-refractivity contribution < 1.29 is 17.9 Å². The third-order valence-electron chi connectivity index (χ3n) is 1.74. The molecule has 0 spiro atoms. The molecule has 1 unspecified atom stereocenters. The summed E-state index contributed by atoms with van der Waals surface area (Å²) in [4.78, 5) is 10.8. The van der Waals surface area contributed by atoms with Crippen LogP contribution in [0.3, 0.4) is 0 Å². The van der Waals surface area contributed by atoms with E-state index in [-0.39, 0.29) is 6.04 Å². The van der Waals surface area contributed by atoms with Crippen molar-refractivity contribution in [2.75, 3.05) is 12.9 Å². The standard InChI is InChI=1S/C9H15NO4S/c1-4-6-8(5-2)10-15(12,13)7-9(11)14-3/h1,8,10H,5-7H2,2-3H3. The summed E-state index contributed by atoms with van der Waals surface area (Å²) in [7, 11) is -2.51. The van der Waals surface area contributed by atoms with Gasteiger partial charge in [-0.1, -0.05) is 6.92 Å². The van der Waals surface area contributed by atoms with E-state index in [9.17, 15) is 13.2 Å². The minimum atomic E-state index is -3.65. The number of sulfonamides is 1. The molecule has 0 amide bonds. The van der Waals surface area contributed by atoms with E-state index in [0.717, 1.165) is 7.11 Å². The lowest BCUT2D eigenvalue weighted by atomic mass is 10.2. The lowest BCUT2D eigenvalue weighted by molar-refractivity contribution is -0.137. The van der Waals surface area contributed by atoms with Crippen LogP contribution < -0.4 is 4.72 Å². The largest absolute Gasteiger partial charge is 0.468 e. The molecule has 0 aromatic carbocycles. The van der Waals surface area contributed by atoms with E-state index in [1.165, 1.54) is 0 Å². The van der Waals surface area contributed by atoms with Crippen LogP contribution in [0.5, 0.6) is 0 Å². The van der Waals surface area contributed by atoms with Gasteiger partial charge in [-0.05, 0) is 6.42 Å². The van der Waals surface area contributed by atoms with Gasteiger partial charge >= 0.3 is 5.97 Å². The molecule has 1 N–H and O–H groups in total. The first-order valence-electron chi connectivity index (χ1n) is 4.45. The number of terminal acetylenes is 1. The van der Waals surface area contributed by atoms with E-state index >= 15 is 0 Å². The number of rotatable bonds is 6. The summed E-state index contributed by atoms with van der Waals surface area (Å²) in [5, 5.41) is 0. The third kappa shape index (κ3) is 6.10. The Bertz CT molecular complexity index is 342. The zero-order chi connectivity index (χ0) is 11.9. The van der Waals surface area contributed by atoms with Crippen molar-refractivity contribution in [3.05, 3.63) is 0 Å². The molecule has 0 aromatic rings. The second-order valence-electron chi connectivity index (χ2n) is 2.97. The third-order valence-corrected chi connectivity index (χ3v) is 3.05. The first-order valence-corrected chi connectivity index (χ1v) is 6.10. The first-order chi connectivity index (χ1) is 6.95. The van der Waals surface area contributed by atoms with Gasteiger partial charge in [0.1, 0.15) is 0 Å². The van der Waals surface area contributed by atoms with Crippen LogP contribution in [0.2, 0.25) is 0 Å². The van der Waals surface area contributed by atoms with Crippen LogP contribution in [0.15, 0.2) is 0 Å². The van der Waals surface area contributed by atoms with Crippen molar-refractivity contribution in [1.29, 1.82) is 0 Å². The van der Waals surface area contributed by atoms with Crippen LogP contribution in [0, 0.1) is 12.3 Å². The van der Waals surface area contributed by atoms with Crippen LogP contribution in [-0.2, 0) is 19.6 Å². The molecule has 1 atom stereocenters. The molecule has 0 aliphatic rings. The monoisotopic (exact) mass is 233 g/mol. The highest BCUT2D eigenvalue weighted by atomic mass is 32.2. The predicted molar refractivity (Wildman–Crippen MR) is 56.5 cm³/mol. The first kappa shape index (κ1) is 13.9. The smallest absolute Gasteiger partial charge is 0.322 e. The summed E-state index contributed by atoms with van der Waals surface area (Å²) >= 11 is 0. The van der Waals surface area contributed by atoms with Crippen LogP contribution in [-0.4, -0.2) is 33.3 Å². The Kier molecular flexibility index (Phi) is 5.97. The van der Waals surface area contributed by atoms with Gasteiger partial charge in [0.15, 0.2) is 5.75 Å². The van der Waals surface area contributed by atoms with E-state index < -0.39 is 21.7 Å². The van der Waals surface area contributed by atoms with Crippen molar-refractivity contribution >= 4 is 16.0 Å². The van der Waals surface area contributed by atoms with Crippen molar-refractivity contribution in [3.63, 3.8) is 0 Å². The van der Waals surface area contributed by atoms with Crippen molar-refractivity contribution in [3.8, 4) is 12.3 Å². The minimum absolute atomic E-state index is 0.302. The van der Waals surface area contributed by atoms with Gasteiger partial charge in [0, 0.05) is 12.5 Å². The molecular formula is C9H15NO4S. The Morgan fingerprint density at radius 3 is 2.60 bits per heavy atom. The molecule has 0 aliphatic carbocycles. The number of methoxy groups -OCH3 is 1. The highest BCUT2D eigenvalue weighted by Crippen LogP contribution is 1.99. The highest BCUT2D eigenvalue weighted by Gasteiger charge is 2.20. The molecule has 0 heterocycles. The number of carbonyl (C=O) groups is 1. The number of hydrogen-bond acceptors (Lipinski definition) is 4. The van der Waals surface area contributed by atoms with Gasteiger partial charge in [0.05, 0.1) is 7.11 Å². The second-order valence-corrected chi connectivity index (χ2v) is 4.72. The quantitative estimate of drug-likeness (QED) is 0.513. The Balaban J connectivity index is 4.36. The van der Waals surface area contributed by atoms with Crippen molar-refractivity contribution in [1.82, 2.24) is 4.72 Å². The maximum absolute atomic E-state index is 11.4. The highest BCUT2D eigenvalue weighted by molar-refractivity contribution is 7.90. The fraction of sp³-hybridized carbons (Fsp3) is 0.667. The Morgan fingerprint density at radius 2 is 2.20 bits per heavy atom. The van der Waals surface area contributed by atoms with E-state index in [1.54, 1.807) is 0 Å². The zero-order valence-corrected chi connectivity index (χ0v) is 9.63. The van der Waals surface area contributed by atoms with Crippen LogP contribution >= 0.6 is 0 Å². The Morgan fingerprint density at radius 1 is 1.60 bits per heavy atom. The predicted octanol–water partition coefficient (Wildman–Crippen LogP) is -0.119. The molecular weight excluding hydrogens is 218 g/mol. The molecule has 15 heavy (non-hydrogen) atoms. The number of esters is 1. The van der Waals surface area contributed by atoms with Gasteiger partial charge in [0.2, 0.25) is 10.0 Å². The summed E-state index contributed by atoms with van der Waals surface area (Å²) in [5.41, 5.74) is 0. The van der Waals surface area contributed by atoms with Crippen molar-refractivity contribution in [2.24, 2.45) is 0 Å². The molecule has 0 saturated carbocycles. The average Bonchev–Trinajstić information content (AvgIpc) is 2.15. The Labute approximate surface area is 90.2 Å². The molecule has 0 saturated heterocycles. The number of hydrogen-bond donors (Lipinski definition) is 1. The normalized spacial score (nSPS) is 12.9. The molecule has 5 nitrogen and oxygen atoms in total. The minimum Gasteiger partial charge on any atom is -0.468 e. The SMILES string of the molecule is C#CCC(CC)NS(=O)(=O)CC(=O)OC. The van der Waals surface area contributed by atoms with Gasteiger partial charge in [-0.25, -0.2) is 13.1 Å². The molecule has 86 valence electrons. The molecule has 0 bridgehead atoms. The second kappa shape index (κ2) is 6.43. The topological polar surface area (TPSA) is 72.5 Å². The molecule has 0 aliphatic heterocycles. The molecule has 0 fully saturated rings. The summed E-state index contributed by atoms with van der Waals surface area (Å²) in [6.45, 7) is 1.81. The van der Waals surface area contributed by atoms with Gasteiger partial charge in [0.25, 0.3) is 0 Å². The van der Waals surface area contributed by atoms with Crippen LogP contribution in [0.4, 0.5) is 0 Å². The summed E-state index contributed by atoms with van der Waals surface area (Å²) < 4.78 is 29.3. The number of nitrogens with one attached hydrogen (secondary N) is 1. The van der Waals surface area contributed by atoms with Gasteiger partial charge in [-0.3, -0.25) is 4.79 Å². The van der Waals surface area contributed by atoms with E-state index in [2.05, 4.69) is 15.4 Å². The van der Waals surface area contributed by atoms with E-state index in [0.29, 0.717) is 12.8 Å². The zero-order valence-electron chi connectivity index (χ0n) is 8.82. The lowest BCUT2D eigenvalue weighted by Gasteiger charge is -2.13. The van der Waals surface area contributed by atoms with Crippen molar-refractivity contribution in [2.45, 2.75) is 25.8 Å². The molecule has 0 aromatic heterocycles. The maximum Gasteiger partial charge on any atom is 0.322 e. The molecule has 0 radical (unpaired) electrons. The number of carbonyl (C=O) groups excluding carboxylic acids is 1. The van der Waals surface area contributed by atoms with Crippen LogP contribution in [0.25, 0.3) is 0 Å². The molecule has 6 heteroatoms. The molecule has 0 rings (SSSR count). The summed E-state index contributed by atoms with van der Waals surface area (Å²) in [5.74, 6) is 0.896. The van der Waals surface area contributed by atoms with E-state index in [1.807, 2.05) is 6.92 Å². The summed E-state index contributed by atoms with van der Waals surface area (Å²) in [6, 6.07) is -0.329. The van der Waals surface area contributed by atoms with Gasteiger partial charge < -0.3 is 4.74 Å². The Hall–Kier alpha value is -1.06. The summed E-state index contributed by atoms with van der Waals surface area (Å²) in [6.07, 6.45) is 5.95. The van der Waals surface area contributed by atoms with E-state index in [4.69, 9.17) is 6.42 Å². The van der Waals surface area contributed by atoms with Crippen LogP contribution in [0.1, 0.15) is 19.8 Å². The number of ether oxygens (including phenoxy) is 1. The van der Waals surface area contributed by atoms with Gasteiger partial charge in [-0.15, -0.1) is 12.3 Å². The lowest BCUT2D eigenvalue weighted by Crippen LogP contribution is -2.38. The fourth-order valence-corrected chi connectivity index (χ4v) is 2.19. The van der Waals surface area contributed by atoms with Gasteiger partial charge in [-0.2, -0.15) is 0 Å². The fourth-order valence-electron chi connectivity index (χ4n) is 0.921.